The van der Waals surface area contributed by atoms with Gasteiger partial charge in [-0.2, -0.15) is 0 Å². The second-order valence-corrected chi connectivity index (χ2v) is 12.5. The number of dihydropyridines is 1. The Labute approximate surface area is 272 Å². The average Bonchev–Trinajstić information content (AvgIpc) is 2.97. The molecule has 2 rings (SSSR count). The first kappa shape index (κ1) is 38.0. The zero-order chi connectivity index (χ0) is 33.4. The minimum atomic E-state index is -0.819. The highest BCUT2D eigenvalue weighted by Gasteiger charge is 2.41. The van der Waals surface area contributed by atoms with Crippen molar-refractivity contribution in [1.29, 1.82) is 0 Å². The van der Waals surface area contributed by atoms with Crippen molar-refractivity contribution in [3.05, 3.63) is 39.7 Å². The summed E-state index contributed by atoms with van der Waals surface area (Å²) in [6.45, 7) is 13.7. The second kappa shape index (κ2) is 20.1. The maximum atomic E-state index is 13.5. The molecule has 0 bridgehead atoms. The third-order valence-electron chi connectivity index (χ3n) is 8.42. The molecule has 0 aromatic heterocycles. The minimum absolute atomic E-state index is 0.194. The van der Waals surface area contributed by atoms with Gasteiger partial charge in [-0.25, -0.2) is 9.59 Å². The zero-order valence-corrected chi connectivity index (χ0v) is 29.2. The van der Waals surface area contributed by atoms with E-state index in [0.717, 1.165) is 24.8 Å². The van der Waals surface area contributed by atoms with E-state index in [4.69, 9.17) is 25.7 Å². The number of esters is 2. The average molecular weight is 628 g/mol. The fraction of sp³-hybridized carbons (Fsp3) is 0.676. The summed E-state index contributed by atoms with van der Waals surface area (Å²) >= 11 is 0. The van der Waals surface area contributed by atoms with Crippen molar-refractivity contribution in [3.8, 4) is 5.75 Å². The van der Waals surface area contributed by atoms with E-state index in [2.05, 4.69) is 12.2 Å². The number of benzene rings is 1. The van der Waals surface area contributed by atoms with Gasteiger partial charge in [0.25, 0.3) is 0 Å². The number of carbonyl (C=O) groups excluding carboxylic acids is 2. The van der Waals surface area contributed by atoms with Crippen molar-refractivity contribution >= 4 is 23.3 Å². The Hall–Kier alpha value is -3.16. The molecule has 5 N–H and O–H groups in total. The van der Waals surface area contributed by atoms with Gasteiger partial charge in [0, 0.05) is 22.6 Å². The van der Waals surface area contributed by atoms with Gasteiger partial charge in [0.1, 0.15) is 5.75 Å². The number of allylic oxidation sites excluding steroid dienone is 2. The van der Waals surface area contributed by atoms with Gasteiger partial charge in [0.2, 0.25) is 0 Å². The van der Waals surface area contributed by atoms with Crippen LogP contribution in [0.3, 0.4) is 0 Å². The standard InChI is InChI=1S/C37H61N3O5/c1-8-11-12-13-14-15-16-17-18-19-20-21-22-23-28-29(38)24-30(39)35(45-25(4)5)33(28)34-31(36(41)43-9-2)26(6)40-27(7)32(34)37(42)44-10-3/h24-25,34,40H,8-23,38-39H2,1-7H3. The molecule has 8 nitrogen and oxygen atoms in total. The lowest BCUT2D eigenvalue weighted by Crippen LogP contribution is -2.33. The molecule has 0 unspecified atom stereocenters. The lowest BCUT2D eigenvalue weighted by Gasteiger charge is -2.33. The van der Waals surface area contributed by atoms with E-state index >= 15 is 0 Å². The summed E-state index contributed by atoms with van der Waals surface area (Å²) in [6.07, 6.45) is 16.9. The van der Waals surface area contributed by atoms with Crippen molar-refractivity contribution in [2.45, 2.75) is 150 Å². The summed E-state index contributed by atoms with van der Waals surface area (Å²) < 4.78 is 17.4. The highest BCUT2D eigenvalue weighted by Crippen LogP contribution is 2.48. The van der Waals surface area contributed by atoms with Crippen LogP contribution in [0.15, 0.2) is 28.6 Å². The van der Waals surface area contributed by atoms with Gasteiger partial charge in [-0.05, 0) is 66.0 Å². The van der Waals surface area contributed by atoms with Crippen molar-refractivity contribution in [2.75, 3.05) is 24.7 Å². The molecule has 0 radical (unpaired) electrons. The van der Waals surface area contributed by atoms with Gasteiger partial charge < -0.3 is 31.0 Å². The number of nitrogens with one attached hydrogen (secondary N) is 1. The maximum Gasteiger partial charge on any atom is 0.336 e. The summed E-state index contributed by atoms with van der Waals surface area (Å²) in [5.74, 6) is -1.39. The van der Waals surface area contributed by atoms with Crippen LogP contribution < -0.4 is 21.5 Å². The highest BCUT2D eigenvalue weighted by molar-refractivity contribution is 6.00. The molecular formula is C37H61N3O5. The molecule has 8 heteroatoms. The monoisotopic (exact) mass is 627 g/mol. The van der Waals surface area contributed by atoms with Crippen LogP contribution in [0.5, 0.6) is 5.75 Å². The number of anilines is 2. The first-order valence-electron chi connectivity index (χ1n) is 17.5. The van der Waals surface area contributed by atoms with E-state index in [9.17, 15) is 9.59 Å². The molecule has 0 aliphatic carbocycles. The molecule has 0 atom stereocenters. The summed E-state index contributed by atoms with van der Waals surface area (Å²) in [5.41, 5.74) is 17.5. The number of ether oxygens (including phenoxy) is 3. The van der Waals surface area contributed by atoms with Crippen LogP contribution >= 0.6 is 0 Å². The molecule has 254 valence electrons. The molecule has 0 saturated heterocycles. The SMILES string of the molecule is CCCCCCCCCCCCCCCc1c(N)cc(N)c(OC(C)C)c1C1C(C(=O)OCC)=C(C)NC(C)=C1C(=O)OCC. The zero-order valence-electron chi connectivity index (χ0n) is 29.2. The molecule has 1 aromatic rings. The third kappa shape index (κ3) is 11.3. The van der Waals surface area contributed by atoms with E-state index < -0.39 is 17.9 Å². The Morgan fingerprint density at radius 3 is 1.60 bits per heavy atom. The molecule has 1 aliphatic heterocycles. The van der Waals surface area contributed by atoms with Crippen LogP contribution in [-0.2, 0) is 25.5 Å². The molecule has 1 aromatic carbocycles. The largest absolute Gasteiger partial charge is 0.489 e. The van der Waals surface area contributed by atoms with Gasteiger partial charge in [0.05, 0.1) is 42.1 Å². The van der Waals surface area contributed by atoms with Crippen LogP contribution in [0.1, 0.15) is 149 Å². The van der Waals surface area contributed by atoms with Crippen LogP contribution in [0.4, 0.5) is 11.4 Å². The summed E-state index contributed by atoms with van der Waals surface area (Å²) in [6, 6.07) is 1.74. The van der Waals surface area contributed by atoms with E-state index in [0.29, 0.717) is 51.6 Å². The smallest absolute Gasteiger partial charge is 0.336 e. The molecule has 1 heterocycles. The second-order valence-electron chi connectivity index (χ2n) is 12.5. The van der Waals surface area contributed by atoms with Crippen LogP contribution in [-0.4, -0.2) is 31.3 Å². The van der Waals surface area contributed by atoms with Crippen LogP contribution in [0.2, 0.25) is 0 Å². The normalized spacial score (nSPS) is 13.8. The van der Waals surface area contributed by atoms with Crippen LogP contribution in [0, 0.1) is 0 Å². The number of unbranched alkanes of at least 4 members (excludes halogenated alkanes) is 12. The topological polar surface area (TPSA) is 126 Å². The predicted molar refractivity (Wildman–Crippen MR) is 185 cm³/mol. The Morgan fingerprint density at radius 2 is 1.18 bits per heavy atom. The molecule has 0 fully saturated rings. The summed E-state index contributed by atoms with van der Waals surface area (Å²) in [5, 5.41) is 3.22. The number of rotatable bonds is 21. The van der Waals surface area contributed by atoms with E-state index in [1.54, 1.807) is 19.9 Å². The Bertz CT molecular complexity index is 1130. The van der Waals surface area contributed by atoms with Crippen LogP contribution in [0.25, 0.3) is 0 Å². The van der Waals surface area contributed by atoms with Gasteiger partial charge >= 0.3 is 11.9 Å². The van der Waals surface area contributed by atoms with Gasteiger partial charge in [-0.3, -0.25) is 0 Å². The molecular weight excluding hydrogens is 566 g/mol. The number of hydrogen-bond donors (Lipinski definition) is 3. The maximum absolute atomic E-state index is 13.5. The quantitative estimate of drug-likeness (QED) is 0.0702. The van der Waals surface area contributed by atoms with E-state index in [-0.39, 0.29) is 19.3 Å². The molecule has 0 amide bonds. The van der Waals surface area contributed by atoms with Crippen molar-refractivity contribution in [2.24, 2.45) is 0 Å². The first-order chi connectivity index (χ1) is 21.6. The first-order valence-corrected chi connectivity index (χ1v) is 17.5. The lowest BCUT2D eigenvalue weighted by atomic mass is 9.76. The number of nitrogen functional groups attached to an aromatic ring is 2. The van der Waals surface area contributed by atoms with Crippen molar-refractivity contribution in [3.63, 3.8) is 0 Å². The molecule has 1 aliphatic rings. The van der Waals surface area contributed by atoms with Crippen molar-refractivity contribution in [1.82, 2.24) is 5.32 Å². The van der Waals surface area contributed by atoms with Gasteiger partial charge in [-0.1, -0.05) is 84.0 Å². The lowest BCUT2D eigenvalue weighted by molar-refractivity contribution is -0.139. The fourth-order valence-corrected chi connectivity index (χ4v) is 6.28. The highest BCUT2D eigenvalue weighted by atomic mass is 16.5. The van der Waals surface area contributed by atoms with E-state index in [1.807, 2.05) is 27.7 Å². The summed E-state index contributed by atoms with van der Waals surface area (Å²) in [4.78, 5) is 27.1. The predicted octanol–water partition coefficient (Wildman–Crippen LogP) is 8.63. The summed E-state index contributed by atoms with van der Waals surface area (Å²) in [7, 11) is 0. The molecule has 45 heavy (non-hydrogen) atoms. The fourth-order valence-electron chi connectivity index (χ4n) is 6.28. The van der Waals surface area contributed by atoms with Gasteiger partial charge in [0.15, 0.2) is 0 Å². The Kier molecular flexibility index (Phi) is 17.0. The minimum Gasteiger partial charge on any atom is -0.489 e. The number of nitrogens with two attached hydrogens (primary N) is 2. The van der Waals surface area contributed by atoms with E-state index in [1.165, 1.54) is 64.2 Å². The third-order valence-corrected chi connectivity index (χ3v) is 8.42. The van der Waals surface area contributed by atoms with Gasteiger partial charge in [-0.15, -0.1) is 0 Å². The molecule has 0 spiro atoms. The van der Waals surface area contributed by atoms with Crippen molar-refractivity contribution < 1.29 is 23.8 Å². The Morgan fingerprint density at radius 1 is 0.733 bits per heavy atom. The molecule has 0 saturated carbocycles. The Balaban J connectivity index is 2.36. The number of hydrogen-bond acceptors (Lipinski definition) is 8. The number of carbonyl (C=O) groups is 2.